The number of benzene rings is 1. The zero-order valence-corrected chi connectivity index (χ0v) is 10.6. The summed E-state index contributed by atoms with van der Waals surface area (Å²) in [5.74, 6) is 2.14. The fourth-order valence-electron chi connectivity index (χ4n) is 1.36. The molecule has 5 nitrogen and oxygen atoms in total. The summed E-state index contributed by atoms with van der Waals surface area (Å²) in [5.41, 5.74) is 0. The van der Waals surface area contributed by atoms with Crippen LogP contribution in [0, 0.1) is 0 Å². The molecule has 0 spiro atoms. The van der Waals surface area contributed by atoms with Crippen molar-refractivity contribution in [3.63, 3.8) is 0 Å². The molecule has 2 rings (SSSR count). The number of ether oxygens (including phenoxy) is 3. The van der Waals surface area contributed by atoms with Crippen molar-refractivity contribution in [2.24, 2.45) is 0 Å². The molecular formula is C12H11ClN2O3. The van der Waals surface area contributed by atoms with E-state index in [2.05, 4.69) is 10.2 Å². The molecule has 0 saturated heterocycles. The van der Waals surface area contributed by atoms with E-state index in [1.54, 1.807) is 44.6 Å². The Labute approximate surface area is 109 Å². The minimum Gasteiger partial charge on any atom is -0.493 e. The first-order chi connectivity index (χ1) is 8.72. The van der Waals surface area contributed by atoms with Crippen molar-refractivity contribution >= 4 is 11.6 Å². The standard InChI is InChI=1S/C12H11ClN2O3/c1-16-9-4-3-8(7-10(9)17-2)18-12-6-5-11(13)14-15-12/h3-7H,1-2H3. The van der Waals surface area contributed by atoms with Crippen molar-refractivity contribution in [2.75, 3.05) is 14.2 Å². The molecule has 1 aromatic heterocycles. The van der Waals surface area contributed by atoms with Gasteiger partial charge in [-0.3, -0.25) is 0 Å². The van der Waals surface area contributed by atoms with E-state index in [1.165, 1.54) is 0 Å². The van der Waals surface area contributed by atoms with Gasteiger partial charge in [0.05, 0.1) is 14.2 Å². The van der Waals surface area contributed by atoms with Gasteiger partial charge in [-0.25, -0.2) is 0 Å². The maximum absolute atomic E-state index is 5.64. The van der Waals surface area contributed by atoms with Gasteiger partial charge < -0.3 is 14.2 Å². The highest BCUT2D eigenvalue weighted by Gasteiger charge is 2.06. The number of hydrogen-bond donors (Lipinski definition) is 0. The first kappa shape index (κ1) is 12.4. The quantitative estimate of drug-likeness (QED) is 0.852. The Bertz CT molecular complexity index is 531. The van der Waals surface area contributed by atoms with Crippen LogP contribution in [-0.2, 0) is 0 Å². The van der Waals surface area contributed by atoms with E-state index in [0.29, 0.717) is 28.3 Å². The van der Waals surface area contributed by atoms with Gasteiger partial charge in [-0.05, 0) is 18.2 Å². The van der Waals surface area contributed by atoms with Crippen LogP contribution in [0.3, 0.4) is 0 Å². The fourth-order valence-corrected chi connectivity index (χ4v) is 1.46. The van der Waals surface area contributed by atoms with E-state index in [1.807, 2.05) is 0 Å². The predicted molar refractivity (Wildman–Crippen MR) is 66.7 cm³/mol. The molecule has 0 radical (unpaired) electrons. The molecule has 0 aliphatic heterocycles. The Morgan fingerprint density at radius 2 is 1.72 bits per heavy atom. The summed E-state index contributed by atoms with van der Waals surface area (Å²) in [7, 11) is 3.13. The molecular weight excluding hydrogens is 256 g/mol. The van der Waals surface area contributed by atoms with E-state index < -0.39 is 0 Å². The molecule has 0 atom stereocenters. The molecule has 0 aliphatic rings. The molecule has 6 heteroatoms. The lowest BCUT2D eigenvalue weighted by Gasteiger charge is -2.09. The van der Waals surface area contributed by atoms with E-state index in [-0.39, 0.29) is 0 Å². The van der Waals surface area contributed by atoms with Crippen LogP contribution in [-0.4, -0.2) is 24.4 Å². The number of methoxy groups -OCH3 is 2. The lowest BCUT2D eigenvalue weighted by Crippen LogP contribution is -1.93. The van der Waals surface area contributed by atoms with Crippen LogP contribution in [0.25, 0.3) is 0 Å². The third-order valence-electron chi connectivity index (χ3n) is 2.18. The zero-order valence-electron chi connectivity index (χ0n) is 9.88. The van der Waals surface area contributed by atoms with Gasteiger partial charge in [0, 0.05) is 12.1 Å². The summed E-state index contributed by atoms with van der Waals surface area (Å²) < 4.78 is 15.8. The van der Waals surface area contributed by atoms with Crippen LogP contribution >= 0.6 is 11.6 Å². The molecule has 0 fully saturated rings. The number of rotatable bonds is 4. The number of halogens is 1. The Hall–Kier alpha value is -2.01. The summed E-state index contributed by atoms with van der Waals surface area (Å²) in [4.78, 5) is 0. The Kier molecular flexibility index (Phi) is 3.84. The lowest BCUT2D eigenvalue weighted by atomic mass is 10.3. The largest absolute Gasteiger partial charge is 0.493 e. The second kappa shape index (κ2) is 5.55. The molecule has 0 amide bonds. The minimum absolute atomic E-state index is 0.315. The van der Waals surface area contributed by atoms with Gasteiger partial charge in [0.2, 0.25) is 5.88 Å². The first-order valence-electron chi connectivity index (χ1n) is 5.12. The molecule has 0 aliphatic carbocycles. The third-order valence-corrected chi connectivity index (χ3v) is 2.39. The Balaban J connectivity index is 2.21. The van der Waals surface area contributed by atoms with E-state index in [0.717, 1.165) is 0 Å². The second-order valence-electron chi connectivity index (χ2n) is 3.31. The Morgan fingerprint density at radius 1 is 0.944 bits per heavy atom. The van der Waals surface area contributed by atoms with Crippen LogP contribution in [0.4, 0.5) is 0 Å². The van der Waals surface area contributed by atoms with Crippen LogP contribution in [0.15, 0.2) is 30.3 Å². The average molecular weight is 267 g/mol. The summed E-state index contributed by atoms with van der Waals surface area (Å²) in [5, 5.41) is 7.80. The first-order valence-corrected chi connectivity index (χ1v) is 5.50. The van der Waals surface area contributed by atoms with Crippen molar-refractivity contribution in [1.82, 2.24) is 10.2 Å². The van der Waals surface area contributed by atoms with Gasteiger partial charge in [0.25, 0.3) is 0 Å². The summed E-state index contributed by atoms with van der Waals surface area (Å²) in [6, 6.07) is 8.43. The zero-order chi connectivity index (χ0) is 13.0. The van der Waals surface area contributed by atoms with Gasteiger partial charge in [0.15, 0.2) is 16.7 Å². The summed E-state index contributed by atoms with van der Waals surface area (Å²) in [6.07, 6.45) is 0. The maximum atomic E-state index is 5.64. The van der Waals surface area contributed by atoms with Crippen LogP contribution in [0.2, 0.25) is 5.15 Å². The molecule has 94 valence electrons. The van der Waals surface area contributed by atoms with E-state index in [9.17, 15) is 0 Å². The Morgan fingerprint density at radius 3 is 2.33 bits per heavy atom. The van der Waals surface area contributed by atoms with Gasteiger partial charge in [-0.1, -0.05) is 11.6 Å². The van der Waals surface area contributed by atoms with E-state index in [4.69, 9.17) is 25.8 Å². The SMILES string of the molecule is COc1ccc(Oc2ccc(Cl)nn2)cc1OC. The van der Waals surface area contributed by atoms with E-state index >= 15 is 0 Å². The van der Waals surface area contributed by atoms with Crippen molar-refractivity contribution in [3.8, 4) is 23.1 Å². The molecule has 18 heavy (non-hydrogen) atoms. The fraction of sp³-hybridized carbons (Fsp3) is 0.167. The van der Waals surface area contributed by atoms with Crippen LogP contribution < -0.4 is 14.2 Å². The molecule has 0 N–H and O–H groups in total. The third kappa shape index (κ3) is 2.81. The second-order valence-corrected chi connectivity index (χ2v) is 3.70. The monoisotopic (exact) mass is 266 g/mol. The topological polar surface area (TPSA) is 53.5 Å². The van der Waals surface area contributed by atoms with Crippen molar-refractivity contribution in [3.05, 3.63) is 35.5 Å². The minimum atomic E-state index is 0.315. The van der Waals surface area contributed by atoms with Gasteiger partial charge in [-0.2, -0.15) is 0 Å². The van der Waals surface area contributed by atoms with Crippen molar-refractivity contribution in [2.45, 2.75) is 0 Å². The highest BCUT2D eigenvalue weighted by Crippen LogP contribution is 2.32. The number of aromatic nitrogens is 2. The molecule has 1 heterocycles. The lowest BCUT2D eigenvalue weighted by molar-refractivity contribution is 0.351. The molecule has 0 saturated carbocycles. The molecule has 0 unspecified atom stereocenters. The van der Waals surface area contributed by atoms with Crippen molar-refractivity contribution in [1.29, 1.82) is 0 Å². The average Bonchev–Trinajstić information content (AvgIpc) is 2.41. The van der Waals surface area contributed by atoms with Crippen LogP contribution in [0.5, 0.6) is 23.1 Å². The van der Waals surface area contributed by atoms with Crippen molar-refractivity contribution < 1.29 is 14.2 Å². The van der Waals surface area contributed by atoms with Gasteiger partial charge in [-0.15, -0.1) is 10.2 Å². The van der Waals surface area contributed by atoms with Gasteiger partial charge in [0.1, 0.15) is 5.75 Å². The van der Waals surface area contributed by atoms with Gasteiger partial charge >= 0.3 is 0 Å². The highest BCUT2D eigenvalue weighted by molar-refractivity contribution is 6.29. The number of nitrogens with zero attached hydrogens (tertiary/aromatic N) is 2. The highest BCUT2D eigenvalue weighted by atomic mass is 35.5. The normalized spacial score (nSPS) is 9.94. The summed E-state index contributed by atoms with van der Waals surface area (Å²) in [6.45, 7) is 0. The smallest absolute Gasteiger partial charge is 0.238 e. The maximum Gasteiger partial charge on any atom is 0.238 e. The molecule has 0 bridgehead atoms. The van der Waals surface area contributed by atoms with Crippen LogP contribution in [0.1, 0.15) is 0 Å². The predicted octanol–water partition coefficient (Wildman–Crippen LogP) is 2.94. The number of hydrogen-bond acceptors (Lipinski definition) is 5. The summed E-state index contributed by atoms with van der Waals surface area (Å²) >= 11 is 5.64. The molecule has 2 aromatic rings. The molecule has 1 aromatic carbocycles.